The van der Waals surface area contributed by atoms with E-state index in [1.807, 2.05) is 4.40 Å². The number of halogens is 1. The molecule has 4 heterocycles. The van der Waals surface area contributed by atoms with Crippen LogP contribution >= 0.6 is 23.9 Å². The Hall–Kier alpha value is -2.79. The minimum Gasteiger partial charge on any atom is -0.328 e. The molecule has 8 nitrogen and oxygen atoms in total. The van der Waals surface area contributed by atoms with Crippen LogP contribution in [0.5, 0.6) is 0 Å². The molecule has 1 N–H and O–H groups in total. The number of hydrogen-bond donors (Lipinski definition) is 1. The fraction of sp³-hybridized carbons (Fsp3) is 0. The summed E-state index contributed by atoms with van der Waals surface area (Å²) in [4.78, 5) is 19.4. The SMILES string of the molecule is O=Cc1cc(Nc2nccn3c(-c4cnn(SF)c4)cnc23)sn1. The normalized spacial score (nSPS) is 11.0. The minimum atomic E-state index is 0.0188. The van der Waals surface area contributed by atoms with E-state index in [2.05, 4.69) is 24.8 Å². The third kappa shape index (κ3) is 2.53. The third-order valence-corrected chi connectivity index (χ3v) is 4.31. The maximum atomic E-state index is 12.6. The van der Waals surface area contributed by atoms with Crippen LogP contribution in [0.4, 0.5) is 14.7 Å². The third-order valence-electron chi connectivity index (χ3n) is 3.25. The van der Waals surface area contributed by atoms with E-state index >= 15 is 0 Å². The first-order valence-corrected chi connectivity index (χ1v) is 8.08. The van der Waals surface area contributed by atoms with E-state index in [0.29, 0.717) is 28.4 Å². The van der Waals surface area contributed by atoms with Gasteiger partial charge in [0.15, 0.2) is 30.1 Å². The summed E-state index contributed by atoms with van der Waals surface area (Å²) in [6.45, 7) is 0. The van der Waals surface area contributed by atoms with Gasteiger partial charge in [-0.25, -0.2) is 9.97 Å². The molecule has 0 unspecified atom stereocenters. The van der Waals surface area contributed by atoms with Crippen LogP contribution in [-0.2, 0) is 0 Å². The number of carbonyl (C=O) groups excluding carboxylic acids is 1. The van der Waals surface area contributed by atoms with Crippen LogP contribution in [0.15, 0.2) is 37.1 Å². The van der Waals surface area contributed by atoms with Crippen LogP contribution in [0, 0.1) is 0 Å². The zero-order chi connectivity index (χ0) is 16.5. The van der Waals surface area contributed by atoms with E-state index in [0.717, 1.165) is 26.9 Å². The number of rotatable bonds is 5. The Morgan fingerprint density at radius 1 is 1.33 bits per heavy atom. The van der Waals surface area contributed by atoms with Crippen molar-refractivity contribution in [2.45, 2.75) is 0 Å². The van der Waals surface area contributed by atoms with Gasteiger partial charge in [0.2, 0.25) is 0 Å². The Kier molecular flexibility index (Phi) is 3.70. The zero-order valence-corrected chi connectivity index (χ0v) is 13.5. The molecule has 120 valence electrons. The lowest BCUT2D eigenvalue weighted by atomic mass is 10.3. The smallest absolute Gasteiger partial charge is 0.187 e. The summed E-state index contributed by atoms with van der Waals surface area (Å²) in [5, 5.41) is 7.68. The quantitative estimate of drug-likeness (QED) is 0.547. The largest absolute Gasteiger partial charge is 0.328 e. The van der Waals surface area contributed by atoms with Crippen molar-refractivity contribution in [3.05, 3.63) is 42.7 Å². The first-order valence-electron chi connectivity index (χ1n) is 6.63. The summed E-state index contributed by atoms with van der Waals surface area (Å²) in [6.07, 6.45) is 8.85. The Labute approximate surface area is 143 Å². The lowest BCUT2D eigenvalue weighted by Gasteiger charge is -2.04. The van der Waals surface area contributed by atoms with Crippen LogP contribution in [0.25, 0.3) is 16.9 Å². The molecule has 0 aliphatic carbocycles. The van der Waals surface area contributed by atoms with Gasteiger partial charge in [-0.1, -0.05) is 0 Å². The monoisotopic (exact) mass is 361 g/mol. The highest BCUT2D eigenvalue weighted by molar-refractivity contribution is 7.92. The Morgan fingerprint density at radius 3 is 3.00 bits per heavy atom. The van der Waals surface area contributed by atoms with Crippen LogP contribution in [0.1, 0.15) is 10.5 Å². The highest BCUT2D eigenvalue weighted by Crippen LogP contribution is 2.27. The molecule has 0 radical (unpaired) electrons. The van der Waals surface area contributed by atoms with Crippen LogP contribution in [0.2, 0.25) is 0 Å². The van der Waals surface area contributed by atoms with Crippen molar-refractivity contribution in [2.24, 2.45) is 0 Å². The molecule has 0 amide bonds. The molecule has 0 aliphatic rings. The maximum absolute atomic E-state index is 12.6. The number of aldehydes is 1. The van der Waals surface area contributed by atoms with Gasteiger partial charge in [0, 0.05) is 30.2 Å². The number of nitrogens with zero attached hydrogens (tertiary/aromatic N) is 6. The molecule has 4 aromatic heterocycles. The molecule has 11 heteroatoms. The second-order valence-electron chi connectivity index (χ2n) is 4.67. The van der Waals surface area contributed by atoms with E-state index in [1.54, 1.807) is 37.1 Å². The zero-order valence-electron chi connectivity index (χ0n) is 11.8. The average molecular weight is 361 g/mol. The van der Waals surface area contributed by atoms with E-state index in [1.165, 1.54) is 0 Å². The summed E-state index contributed by atoms with van der Waals surface area (Å²) < 4.78 is 19.5. The van der Waals surface area contributed by atoms with Gasteiger partial charge in [-0.3, -0.25) is 9.20 Å². The van der Waals surface area contributed by atoms with Crippen molar-refractivity contribution < 1.29 is 8.68 Å². The van der Waals surface area contributed by atoms with Gasteiger partial charge in [-0.15, -0.1) is 3.89 Å². The van der Waals surface area contributed by atoms with Crippen LogP contribution in [0.3, 0.4) is 0 Å². The van der Waals surface area contributed by atoms with E-state index < -0.39 is 0 Å². The summed E-state index contributed by atoms with van der Waals surface area (Å²) >= 11 is 1.18. The van der Waals surface area contributed by atoms with Gasteiger partial charge in [-0.2, -0.15) is 13.6 Å². The van der Waals surface area contributed by atoms with Gasteiger partial charge in [0.25, 0.3) is 0 Å². The Morgan fingerprint density at radius 2 is 2.25 bits per heavy atom. The van der Waals surface area contributed by atoms with Crippen molar-refractivity contribution in [3.8, 4) is 11.3 Å². The van der Waals surface area contributed by atoms with Crippen LogP contribution < -0.4 is 5.32 Å². The van der Waals surface area contributed by atoms with Gasteiger partial charge in [0.1, 0.15) is 10.7 Å². The molecule has 0 atom stereocenters. The average Bonchev–Trinajstić information content (AvgIpc) is 3.33. The highest BCUT2D eigenvalue weighted by atomic mass is 32.2. The lowest BCUT2D eigenvalue weighted by Crippen LogP contribution is -1.97. The van der Waals surface area contributed by atoms with Gasteiger partial charge in [-0.05, 0) is 11.5 Å². The van der Waals surface area contributed by atoms with Gasteiger partial charge < -0.3 is 5.32 Å². The number of anilines is 2. The predicted molar refractivity (Wildman–Crippen MR) is 89.1 cm³/mol. The van der Waals surface area contributed by atoms with Crippen LogP contribution in [-0.4, -0.2) is 34.2 Å². The molecule has 4 rings (SSSR count). The second kappa shape index (κ2) is 6.02. The summed E-state index contributed by atoms with van der Waals surface area (Å²) in [5.74, 6) is 0.525. The van der Waals surface area contributed by atoms with Crippen molar-refractivity contribution >= 4 is 46.6 Å². The molecular weight excluding hydrogens is 353 g/mol. The molecule has 0 aromatic carbocycles. The molecule has 0 saturated heterocycles. The fourth-order valence-electron chi connectivity index (χ4n) is 2.22. The topological polar surface area (TPSA) is 90.0 Å². The van der Waals surface area contributed by atoms with E-state index in [-0.39, 0.29) is 12.3 Å². The molecule has 0 aliphatic heterocycles. The van der Waals surface area contributed by atoms with Crippen molar-refractivity contribution in [1.29, 1.82) is 0 Å². The second-order valence-corrected chi connectivity index (χ2v) is 5.99. The summed E-state index contributed by atoms with van der Waals surface area (Å²) in [6, 6.07) is 1.63. The summed E-state index contributed by atoms with van der Waals surface area (Å²) in [5.41, 5.74) is 2.43. The molecule has 0 saturated carbocycles. The molecule has 4 aromatic rings. The van der Waals surface area contributed by atoms with Gasteiger partial charge in [0.05, 0.1) is 18.1 Å². The molecule has 0 fully saturated rings. The number of carbonyl (C=O) groups is 1. The number of fused-ring (bicyclic) bond motifs is 1. The fourth-order valence-corrected chi connectivity index (χ4v) is 3.07. The van der Waals surface area contributed by atoms with E-state index in [4.69, 9.17) is 0 Å². The predicted octanol–water partition coefficient (Wildman–Crippen LogP) is 2.99. The van der Waals surface area contributed by atoms with Crippen molar-refractivity contribution in [1.82, 2.24) is 27.9 Å². The molecule has 0 spiro atoms. The molecular formula is C13H8FN7OS2. The maximum Gasteiger partial charge on any atom is 0.187 e. The molecule has 0 bridgehead atoms. The lowest BCUT2D eigenvalue weighted by molar-refractivity contribution is 0.112. The van der Waals surface area contributed by atoms with Crippen molar-refractivity contribution in [2.75, 3.05) is 5.32 Å². The Balaban J connectivity index is 1.74. The highest BCUT2D eigenvalue weighted by Gasteiger charge is 2.13. The molecule has 24 heavy (non-hydrogen) atoms. The first kappa shape index (κ1) is 14.8. The Bertz CT molecular complexity index is 1020. The standard InChI is InChI=1S/C13H8FN7OS2/c14-24-21-6-8(4-17-21)10-5-16-13-12(15-1-2-20(10)13)18-11-3-9(7-22)19-23-11/h1-7H,(H,15,18). The minimum absolute atomic E-state index is 0.0188. The number of aromatic nitrogens is 6. The van der Waals surface area contributed by atoms with Gasteiger partial charge >= 0.3 is 0 Å². The number of hydrogen-bond acceptors (Lipinski definition) is 8. The number of nitrogens with one attached hydrogen (secondary N) is 1. The number of imidazole rings is 1. The van der Waals surface area contributed by atoms with Crippen molar-refractivity contribution in [3.63, 3.8) is 0 Å². The summed E-state index contributed by atoms with van der Waals surface area (Å²) in [7, 11) is 0. The first-order chi connectivity index (χ1) is 11.8. The van der Waals surface area contributed by atoms with E-state index in [9.17, 15) is 8.68 Å².